The van der Waals surface area contributed by atoms with Gasteiger partial charge in [-0.25, -0.2) is 4.68 Å². The highest BCUT2D eigenvalue weighted by Crippen LogP contribution is 2.35. The number of aryl methyl sites for hydroxylation is 2. The number of carbonyl (C=O) groups excluding carboxylic acids is 1. The molecule has 0 saturated carbocycles. The summed E-state index contributed by atoms with van der Waals surface area (Å²) in [6, 6.07) is 9.23. The van der Waals surface area contributed by atoms with Crippen LogP contribution in [0.2, 0.25) is 0 Å². The van der Waals surface area contributed by atoms with Crippen LogP contribution in [0.4, 0.5) is 5.82 Å². The van der Waals surface area contributed by atoms with Crippen molar-refractivity contribution >= 4 is 24.1 Å². The second-order valence-corrected chi connectivity index (χ2v) is 7.79. The van der Waals surface area contributed by atoms with Crippen molar-refractivity contribution in [3.8, 4) is 0 Å². The van der Waals surface area contributed by atoms with E-state index in [1.807, 2.05) is 17.8 Å². The second-order valence-electron chi connectivity index (χ2n) is 7.79. The zero-order chi connectivity index (χ0) is 18.1. The van der Waals surface area contributed by atoms with Crippen molar-refractivity contribution in [2.24, 2.45) is 5.92 Å². The topological polar surface area (TPSA) is 59.0 Å². The molecule has 1 unspecified atom stereocenters. The quantitative estimate of drug-likeness (QED) is 0.839. The first kappa shape index (κ1) is 19.9. The van der Waals surface area contributed by atoms with Gasteiger partial charge in [0, 0.05) is 17.5 Å². The third-order valence-corrected chi connectivity index (χ3v) is 5.85. The summed E-state index contributed by atoms with van der Waals surface area (Å²) in [7, 11) is 0. The molecule has 3 atom stereocenters. The molecule has 2 N–H and O–H groups in total. The van der Waals surface area contributed by atoms with Crippen molar-refractivity contribution in [1.82, 2.24) is 15.1 Å². The molecular weight excluding hydrogens is 360 g/mol. The molecule has 2 heterocycles. The Morgan fingerprint density at radius 3 is 2.93 bits per heavy atom. The maximum Gasteiger partial charge on any atom is 0.228 e. The Hall–Kier alpha value is -1.85. The number of carbonyl (C=O) groups is 1. The number of hydrogen-bond acceptors (Lipinski definition) is 3. The van der Waals surface area contributed by atoms with Gasteiger partial charge in [0.2, 0.25) is 5.91 Å². The Morgan fingerprint density at radius 2 is 2.11 bits per heavy atom. The average Bonchev–Trinajstić information content (AvgIpc) is 3.01. The van der Waals surface area contributed by atoms with Crippen LogP contribution in [0, 0.1) is 12.8 Å². The van der Waals surface area contributed by atoms with E-state index < -0.39 is 0 Å². The normalized spacial score (nSPS) is 24.6. The van der Waals surface area contributed by atoms with E-state index in [-0.39, 0.29) is 30.3 Å². The van der Waals surface area contributed by atoms with E-state index in [2.05, 4.69) is 46.9 Å². The lowest BCUT2D eigenvalue weighted by Gasteiger charge is -2.29. The first-order valence-corrected chi connectivity index (χ1v) is 9.79. The Morgan fingerprint density at radius 1 is 1.30 bits per heavy atom. The molecule has 6 heteroatoms. The van der Waals surface area contributed by atoms with Crippen LogP contribution in [0.25, 0.3) is 0 Å². The summed E-state index contributed by atoms with van der Waals surface area (Å²) >= 11 is 0. The maximum absolute atomic E-state index is 12.9. The lowest BCUT2D eigenvalue weighted by molar-refractivity contribution is -0.120. The first-order chi connectivity index (χ1) is 12.6. The zero-order valence-corrected chi connectivity index (χ0v) is 16.9. The lowest BCUT2D eigenvalue weighted by Crippen LogP contribution is -2.40. The molecule has 1 fully saturated rings. The predicted molar refractivity (Wildman–Crippen MR) is 111 cm³/mol. The Kier molecular flexibility index (Phi) is 6.22. The van der Waals surface area contributed by atoms with Gasteiger partial charge in [-0.15, -0.1) is 12.4 Å². The summed E-state index contributed by atoms with van der Waals surface area (Å²) in [5, 5.41) is 11.3. The van der Waals surface area contributed by atoms with E-state index in [0.717, 1.165) is 50.0 Å². The molecule has 2 aliphatic rings. The van der Waals surface area contributed by atoms with Gasteiger partial charge in [-0.05, 0) is 63.6 Å². The van der Waals surface area contributed by atoms with Crippen LogP contribution in [0.1, 0.15) is 55.3 Å². The van der Waals surface area contributed by atoms with Crippen molar-refractivity contribution in [2.75, 3.05) is 11.9 Å². The molecular formula is C21H29ClN4O. The van der Waals surface area contributed by atoms with Crippen molar-refractivity contribution in [1.29, 1.82) is 0 Å². The van der Waals surface area contributed by atoms with Crippen molar-refractivity contribution < 1.29 is 4.79 Å². The minimum atomic E-state index is 0. The van der Waals surface area contributed by atoms with Gasteiger partial charge in [-0.3, -0.25) is 4.79 Å². The van der Waals surface area contributed by atoms with E-state index in [1.54, 1.807) is 0 Å². The lowest BCUT2D eigenvalue weighted by atomic mass is 9.88. The summed E-state index contributed by atoms with van der Waals surface area (Å²) in [6.45, 7) is 5.08. The van der Waals surface area contributed by atoms with Gasteiger partial charge in [0.25, 0.3) is 0 Å². The molecule has 146 valence electrons. The van der Waals surface area contributed by atoms with E-state index in [4.69, 9.17) is 0 Å². The van der Waals surface area contributed by atoms with Crippen LogP contribution in [0.3, 0.4) is 0 Å². The minimum Gasteiger partial charge on any atom is -0.314 e. The number of aromatic nitrogens is 2. The number of anilines is 1. The van der Waals surface area contributed by atoms with E-state index in [0.29, 0.717) is 6.04 Å². The van der Waals surface area contributed by atoms with Gasteiger partial charge in [0.15, 0.2) is 0 Å². The third-order valence-electron chi connectivity index (χ3n) is 5.85. The molecule has 5 nitrogen and oxygen atoms in total. The molecule has 27 heavy (non-hydrogen) atoms. The Balaban J connectivity index is 0.00000210. The number of rotatable bonds is 3. The monoisotopic (exact) mass is 388 g/mol. The number of amides is 1. The number of hydrogen-bond donors (Lipinski definition) is 2. The fourth-order valence-corrected chi connectivity index (χ4v) is 4.41. The van der Waals surface area contributed by atoms with Crippen molar-refractivity contribution in [3.63, 3.8) is 0 Å². The van der Waals surface area contributed by atoms with Crippen LogP contribution >= 0.6 is 12.4 Å². The van der Waals surface area contributed by atoms with Gasteiger partial charge in [-0.1, -0.05) is 24.3 Å². The number of benzene rings is 1. The SMILES string of the molecule is Cc1cnn(C2CCCc3ccccc32)c1NC(=O)[C@H]1CCN[C@@H](C)C1.Cl. The molecule has 4 rings (SSSR count). The fraction of sp³-hybridized carbons (Fsp3) is 0.524. The van der Waals surface area contributed by atoms with Gasteiger partial charge in [0.05, 0.1) is 12.2 Å². The van der Waals surface area contributed by atoms with E-state index >= 15 is 0 Å². The summed E-state index contributed by atoms with van der Waals surface area (Å²) in [6.07, 6.45) is 7.01. The van der Waals surface area contributed by atoms with E-state index in [1.165, 1.54) is 11.1 Å². The molecule has 2 aromatic rings. The molecule has 1 amide bonds. The molecule has 1 aliphatic heterocycles. The van der Waals surface area contributed by atoms with Crippen LogP contribution in [-0.2, 0) is 11.2 Å². The molecule has 1 aliphatic carbocycles. The second kappa shape index (κ2) is 8.44. The minimum absolute atomic E-state index is 0. The molecule has 1 aromatic heterocycles. The maximum atomic E-state index is 12.9. The smallest absolute Gasteiger partial charge is 0.228 e. The molecule has 0 bridgehead atoms. The standard InChI is InChI=1S/C21H28N4O.ClH/c1-14-13-23-25(19-9-5-7-16-6-3-4-8-18(16)19)20(14)24-21(26)17-10-11-22-15(2)12-17;/h3-4,6,8,13,15,17,19,22H,5,7,9-12H2,1-2H3,(H,24,26);1H/t15-,17-,19?;/m0./s1. The Bertz CT molecular complexity index is 803. The van der Waals surface area contributed by atoms with Gasteiger partial charge < -0.3 is 10.6 Å². The number of nitrogens with one attached hydrogen (secondary N) is 2. The highest BCUT2D eigenvalue weighted by atomic mass is 35.5. The van der Waals surface area contributed by atoms with Crippen LogP contribution in [0.15, 0.2) is 30.5 Å². The largest absolute Gasteiger partial charge is 0.314 e. The molecule has 0 spiro atoms. The van der Waals surface area contributed by atoms with Gasteiger partial charge in [0.1, 0.15) is 5.82 Å². The average molecular weight is 389 g/mol. The number of piperidine rings is 1. The van der Waals surface area contributed by atoms with Gasteiger partial charge >= 0.3 is 0 Å². The van der Waals surface area contributed by atoms with Crippen molar-refractivity contribution in [3.05, 3.63) is 47.2 Å². The van der Waals surface area contributed by atoms with E-state index in [9.17, 15) is 4.79 Å². The van der Waals surface area contributed by atoms with Crippen molar-refractivity contribution in [2.45, 2.75) is 58.0 Å². The molecule has 1 saturated heterocycles. The highest BCUT2D eigenvalue weighted by Gasteiger charge is 2.28. The summed E-state index contributed by atoms with van der Waals surface area (Å²) < 4.78 is 2.04. The number of nitrogens with zero attached hydrogens (tertiary/aromatic N) is 2. The van der Waals surface area contributed by atoms with Crippen LogP contribution in [0.5, 0.6) is 0 Å². The fourth-order valence-electron chi connectivity index (χ4n) is 4.41. The number of fused-ring (bicyclic) bond motifs is 1. The number of halogens is 1. The van der Waals surface area contributed by atoms with Crippen LogP contribution < -0.4 is 10.6 Å². The Labute approximate surface area is 167 Å². The third kappa shape index (κ3) is 4.04. The predicted octanol–water partition coefficient (Wildman–Crippen LogP) is 3.87. The summed E-state index contributed by atoms with van der Waals surface area (Å²) in [5.74, 6) is 1.07. The molecule has 1 aromatic carbocycles. The van der Waals surface area contributed by atoms with Gasteiger partial charge in [-0.2, -0.15) is 5.10 Å². The summed E-state index contributed by atoms with van der Waals surface area (Å²) in [5.41, 5.74) is 3.78. The highest BCUT2D eigenvalue weighted by molar-refractivity contribution is 5.92. The van der Waals surface area contributed by atoms with Crippen LogP contribution in [-0.4, -0.2) is 28.3 Å². The summed E-state index contributed by atoms with van der Waals surface area (Å²) in [4.78, 5) is 12.9. The first-order valence-electron chi connectivity index (χ1n) is 9.79. The zero-order valence-electron chi connectivity index (χ0n) is 16.1. The molecule has 0 radical (unpaired) electrons.